The second kappa shape index (κ2) is 8.96. The van der Waals surface area contributed by atoms with Crippen molar-refractivity contribution in [2.75, 3.05) is 6.54 Å². The van der Waals surface area contributed by atoms with E-state index in [0.717, 1.165) is 18.4 Å². The van der Waals surface area contributed by atoms with Gasteiger partial charge in [0.2, 0.25) is 11.8 Å². The molecule has 7 heteroatoms. The van der Waals surface area contributed by atoms with Gasteiger partial charge in [0.05, 0.1) is 6.04 Å². The van der Waals surface area contributed by atoms with Crippen molar-refractivity contribution >= 4 is 11.8 Å². The zero-order valence-corrected chi connectivity index (χ0v) is 15.4. The van der Waals surface area contributed by atoms with E-state index in [0.29, 0.717) is 13.0 Å². The molecule has 1 heterocycles. The zero-order chi connectivity index (χ0) is 19.3. The Morgan fingerprint density at radius 2 is 1.81 bits per heavy atom. The number of likely N-dealkylation sites (tertiary alicyclic amines) is 1. The minimum atomic E-state index is -2.87. The van der Waals surface area contributed by atoms with Crippen molar-refractivity contribution in [2.45, 2.75) is 58.7 Å². The standard InChI is InChI=1S/C19H26F2N2O3/c1-12(2)18(25)23-11-5-4-6-16(23)17(24)22-13(3)14-7-9-15(10-8-14)26-19(20)21/h7-10,12-13,16,19H,4-6,11H2,1-3H3,(H,22,24)/t13-,16-/m1/s1. The normalized spacial score (nSPS) is 18.7. The van der Waals surface area contributed by atoms with Gasteiger partial charge in [-0.1, -0.05) is 26.0 Å². The van der Waals surface area contributed by atoms with Crippen LogP contribution in [0.3, 0.4) is 0 Å². The van der Waals surface area contributed by atoms with Crippen molar-refractivity contribution in [2.24, 2.45) is 5.92 Å². The maximum atomic E-state index is 12.7. The molecule has 0 saturated carbocycles. The Bertz CT molecular complexity index is 620. The lowest BCUT2D eigenvalue weighted by molar-refractivity contribution is -0.144. The molecule has 2 rings (SSSR count). The molecule has 1 N–H and O–H groups in total. The highest BCUT2D eigenvalue weighted by Gasteiger charge is 2.33. The highest BCUT2D eigenvalue weighted by atomic mass is 19.3. The van der Waals surface area contributed by atoms with Crippen LogP contribution < -0.4 is 10.1 Å². The molecule has 1 aliphatic rings. The number of hydrogen-bond donors (Lipinski definition) is 1. The summed E-state index contributed by atoms with van der Waals surface area (Å²) < 4.78 is 28.7. The number of carbonyl (C=O) groups is 2. The van der Waals surface area contributed by atoms with Gasteiger partial charge in [-0.05, 0) is 43.9 Å². The van der Waals surface area contributed by atoms with Gasteiger partial charge >= 0.3 is 6.61 Å². The van der Waals surface area contributed by atoms with Crippen LogP contribution in [0.15, 0.2) is 24.3 Å². The monoisotopic (exact) mass is 368 g/mol. The van der Waals surface area contributed by atoms with Crippen LogP contribution >= 0.6 is 0 Å². The molecule has 5 nitrogen and oxygen atoms in total. The maximum Gasteiger partial charge on any atom is 0.387 e. The first-order valence-corrected chi connectivity index (χ1v) is 8.95. The number of nitrogens with zero attached hydrogens (tertiary/aromatic N) is 1. The van der Waals surface area contributed by atoms with Gasteiger partial charge in [-0.25, -0.2) is 0 Å². The summed E-state index contributed by atoms with van der Waals surface area (Å²) in [5, 5.41) is 2.93. The Kier molecular flexibility index (Phi) is 6.94. The summed E-state index contributed by atoms with van der Waals surface area (Å²) in [7, 11) is 0. The number of piperidine rings is 1. The van der Waals surface area contributed by atoms with E-state index in [4.69, 9.17) is 0 Å². The average Bonchev–Trinajstić information content (AvgIpc) is 2.61. The van der Waals surface area contributed by atoms with Crippen molar-refractivity contribution in [3.63, 3.8) is 0 Å². The van der Waals surface area contributed by atoms with E-state index in [1.165, 1.54) is 12.1 Å². The number of halogens is 2. The molecule has 0 aliphatic carbocycles. The van der Waals surface area contributed by atoms with Gasteiger partial charge in [0.25, 0.3) is 0 Å². The summed E-state index contributed by atoms with van der Waals surface area (Å²) in [6, 6.07) is 5.41. The van der Waals surface area contributed by atoms with E-state index in [9.17, 15) is 18.4 Å². The second-order valence-corrected chi connectivity index (χ2v) is 6.88. The fraction of sp³-hybridized carbons (Fsp3) is 0.579. The maximum absolute atomic E-state index is 12.7. The highest BCUT2D eigenvalue weighted by Crippen LogP contribution is 2.22. The molecule has 1 fully saturated rings. The quantitative estimate of drug-likeness (QED) is 0.836. The van der Waals surface area contributed by atoms with Crippen LogP contribution in [0.25, 0.3) is 0 Å². The topological polar surface area (TPSA) is 58.6 Å². The Hall–Kier alpha value is -2.18. The van der Waals surface area contributed by atoms with Crippen molar-refractivity contribution in [3.05, 3.63) is 29.8 Å². The molecule has 1 aliphatic heterocycles. The van der Waals surface area contributed by atoms with Crippen molar-refractivity contribution in [1.29, 1.82) is 0 Å². The lowest BCUT2D eigenvalue weighted by atomic mass is 9.98. The van der Waals surface area contributed by atoms with E-state index >= 15 is 0 Å². The van der Waals surface area contributed by atoms with Gasteiger partial charge in [-0.2, -0.15) is 8.78 Å². The summed E-state index contributed by atoms with van der Waals surface area (Å²) in [6.07, 6.45) is 2.47. The Morgan fingerprint density at radius 1 is 1.15 bits per heavy atom. The first-order valence-electron chi connectivity index (χ1n) is 8.95. The molecule has 0 spiro atoms. The van der Waals surface area contributed by atoms with Gasteiger partial charge in [-0.3, -0.25) is 9.59 Å². The average molecular weight is 368 g/mol. The molecule has 1 aromatic carbocycles. The third-order valence-corrected chi connectivity index (χ3v) is 4.55. The lowest BCUT2D eigenvalue weighted by Gasteiger charge is -2.36. The van der Waals surface area contributed by atoms with Crippen LogP contribution in [0.2, 0.25) is 0 Å². The lowest BCUT2D eigenvalue weighted by Crippen LogP contribution is -2.53. The van der Waals surface area contributed by atoms with E-state index in [2.05, 4.69) is 10.1 Å². The Morgan fingerprint density at radius 3 is 2.38 bits per heavy atom. The smallest absolute Gasteiger partial charge is 0.387 e. The molecule has 2 atom stereocenters. The van der Waals surface area contributed by atoms with Crippen LogP contribution in [0, 0.1) is 5.92 Å². The zero-order valence-electron chi connectivity index (χ0n) is 15.4. The summed E-state index contributed by atoms with van der Waals surface area (Å²) in [5.74, 6) is -0.267. The van der Waals surface area contributed by atoms with Crippen LogP contribution in [-0.2, 0) is 9.59 Å². The minimum Gasteiger partial charge on any atom is -0.435 e. The molecule has 0 aromatic heterocycles. The van der Waals surface area contributed by atoms with E-state index in [-0.39, 0.29) is 29.5 Å². The molecule has 1 aromatic rings. The molecular formula is C19H26F2N2O3. The van der Waals surface area contributed by atoms with Crippen molar-refractivity contribution < 1.29 is 23.1 Å². The van der Waals surface area contributed by atoms with E-state index in [1.54, 1.807) is 17.0 Å². The number of hydrogen-bond acceptors (Lipinski definition) is 3. The third-order valence-electron chi connectivity index (χ3n) is 4.55. The molecule has 0 unspecified atom stereocenters. The first kappa shape index (κ1) is 20.1. The van der Waals surface area contributed by atoms with Crippen molar-refractivity contribution in [1.82, 2.24) is 10.2 Å². The summed E-state index contributed by atoms with van der Waals surface area (Å²) >= 11 is 0. The molecule has 1 saturated heterocycles. The second-order valence-electron chi connectivity index (χ2n) is 6.88. The molecule has 2 amide bonds. The first-order chi connectivity index (χ1) is 12.3. The molecule has 0 bridgehead atoms. The number of carbonyl (C=O) groups excluding carboxylic acids is 2. The third kappa shape index (κ3) is 5.16. The van der Waals surface area contributed by atoms with E-state index in [1.807, 2.05) is 20.8 Å². The minimum absolute atomic E-state index is 0.00833. The number of rotatable bonds is 6. The van der Waals surface area contributed by atoms with Crippen LogP contribution in [0.5, 0.6) is 5.75 Å². The SMILES string of the molecule is CC(C)C(=O)N1CCCC[C@@H]1C(=O)N[C@H](C)c1ccc(OC(F)F)cc1. The number of ether oxygens (including phenoxy) is 1. The molecule has 0 radical (unpaired) electrons. The molecule has 26 heavy (non-hydrogen) atoms. The van der Waals surface area contributed by atoms with Gasteiger partial charge in [-0.15, -0.1) is 0 Å². The number of amides is 2. The summed E-state index contributed by atoms with van der Waals surface area (Å²) in [5.41, 5.74) is 0.775. The van der Waals surface area contributed by atoms with E-state index < -0.39 is 12.7 Å². The van der Waals surface area contributed by atoms with Crippen LogP contribution in [-0.4, -0.2) is 35.9 Å². The van der Waals surface area contributed by atoms with Crippen molar-refractivity contribution in [3.8, 4) is 5.75 Å². The highest BCUT2D eigenvalue weighted by molar-refractivity contribution is 5.88. The van der Waals surface area contributed by atoms with Gasteiger partial charge in [0.15, 0.2) is 0 Å². The fourth-order valence-corrected chi connectivity index (χ4v) is 3.13. The molecule has 144 valence electrons. The predicted molar refractivity (Wildman–Crippen MR) is 93.8 cm³/mol. The van der Waals surface area contributed by atoms with Crippen LogP contribution in [0.1, 0.15) is 51.6 Å². The fourth-order valence-electron chi connectivity index (χ4n) is 3.13. The largest absolute Gasteiger partial charge is 0.435 e. The van der Waals surface area contributed by atoms with Gasteiger partial charge < -0.3 is 15.0 Å². The number of benzene rings is 1. The van der Waals surface area contributed by atoms with Gasteiger partial charge in [0.1, 0.15) is 11.8 Å². The Labute approximate surface area is 152 Å². The summed E-state index contributed by atoms with van der Waals surface area (Å²) in [6.45, 7) is 3.21. The predicted octanol–water partition coefficient (Wildman–Crippen LogP) is 3.50. The Balaban J connectivity index is 2.01. The van der Waals surface area contributed by atoms with Crippen LogP contribution in [0.4, 0.5) is 8.78 Å². The number of nitrogens with one attached hydrogen (secondary N) is 1. The summed E-state index contributed by atoms with van der Waals surface area (Å²) in [4.78, 5) is 26.7. The van der Waals surface area contributed by atoms with Gasteiger partial charge in [0, 0.05) is 12.5 Å². The number of alkyl halides is 2. The molecular weight excluding hydrogens is 342 g/mol.